The average molecular weight is 262 g/mol. The van der Waals surface area contributed by atoms with E-state index < -0.39 is 0 Å². The minimum Gasteiger partial charge on any atom is -0.289 e. The Morgan fingerprint density at radius 2 is 1.75 bits per heavy atom. The first-order valence-electron chi connectivity index (χ1n) is 7.20. The fourth-order valence-electron chi connectivity index (χ4n) is 2.70. The number of carbonyl (C=O) groups excluding carboxylic acids is 1. The second-order valence-electron chi connectivity index (χ2n) is 5.25. The van der Waals surface area contributed by atoms with E-state index in [1.807, 2.05) is 24.3 Å². The van der Waals surface area contributed by atoms with Gasteiger partial charge in [0.1, 0.15) is 0 Å². The highest BCUT2D eigenvalue weighted by Crippen LogP contribution is 2.26. The standard InChI is InChI=1S/C19H18O/c1-2-14-7-9-15(10-8-14)13-17-12-11-16-5-3-4-6-18(16)19(17)20/h3-10,13H,2,11-12H2,1H3/b17-13+. The van der Waals surface area contributed by atoms with Gasteiger partial charge in [0.25, 0.3) is 0 Å². The molecule has 0 aromatic heterocycles. The van der Waals surface area contributed by atoms with Crippen molar-refractivity contribution in [3.05, 3.63) is 76.4 Å². The van der Waals surface area contributed by atoms with Crippen molar-refractivity contribution in [2.45, 2.75) is 26.2 Å². The van der Waals surface area contributed by atoms with Crippen molar-refractivity contribution in [1.82, 2.24) is 0 Å². The number of hydrogen-bond acceptors (Lipinski definition) is 1. The van der Waals surface area contributed by atoms with Crippen molar-refractivity contribution < 1.29 is 4.79 Å². The minimum atomic E-state index is 0.186. The van der Waals surface area contributed by atoms with E-state index in [0.717, 1.165) is 36.0 Å². The largest absolute Gasteiger partial charge is 0.289 e. The number of rotatable bonds is 2. The highest BCUT2D eigenvalue weighted by molar-refractivity contribution is 6.13. The van der Waals surface area contributed by atoms with Crippen LogP contribution in [0, 0.1) is 0 Å². The molecule has 2 aromatic carbocycles. The number of aryl methyl sites for hydroxylation is 2. The third-order valence-corrected chi connectivity index (χ3v) is 3.95. The first kappa shape index (κ1) is 12.9. The molecular formula is C19H18O. The van der Waals surface area contributed by atoms with Gasteiger partial charge in [-0.25, -0.2) is 0 Å². The molecule has 1 aliphatic carbocycles. The van der Waals surface area contributed by atoms with Crippen LogP contribution in [-0.4, -0.2) is 5.78 Å². The molecule has 0 saturated carbocycles. The second-order valence-corrected chi connectivity index (χ2v) is 5.25. The monoisotopic (exact) mass is 262 g/mol. The molecule has 0 aliphatic heterocycles. The third kappa shape index (κ3) is 2.44. The number of fused-ring (bicyclic) bond motifs is 1. The van der Waals surface area contributed by atoms with Crippen molar-refractivity contribution >= 4 is 11.9 Å². The smallest absolute Gasteiger partial charge is 0.189 e. The molecule has 0 N–H and O–H groups in total. The lowest BCUT2D eigenvalue weighted by Gasteiger charge is -2.17. The molecule has 0 atom stereocenters. The highest BCUT2D eigenvalue weighted by atomic mass is 16.1. The average Bonchev–Trinajstić information content (AvgIpc) is 2.51. The van der Waals surface area contributed by atoms with Crippen LogP contribution < -0.4 is 0 Å². The summed E-state index contributed by atoms with van der Waals surface area (Å²) in [5.74, 6) is 0.186. The fourth-order valence-corrected chi connectivity index (χ4v) is 2.70. The van der Waals surface area contributed by atoms with Crippen LogP contribution in [-0.2, 0) is 12.8 Å². The minimum absolute atomic E-state index is 0.186. The lowest BCUT2D eigenvalue weighted by atomic mass is 9.86. The normalized spacial score (nSPS) is 16.2. The zero-order chi connectivity index (χ0) is 13.9. The van der Waals surface area contributed by atoms with E-state index in [9.17, 15) is 4.79 Å². The maximum atomic E-state index is 12.5. The van der Waals surface area contributed by atoms with Crippen LogP contribution in [0.5, 0.6) is 0 Å². The van der Waals surface area contributed by atoms with Gasteiger partial charge in [-0.15, -0.1) is 0 Å². The third-order valence-electron chi connectivity index (χ3n) is 3.95. The summed E-state index contributed by atoms with van der Waals surface area (Å²) < 4.78 is 0. The Hall–Kier alpha value is -2.15. The zero-order valence-corrected chi connectivity index (χ0v) is 11.7. The van der Waals surface area contributed by atoms with Gasteiger partial charge in [-0.3, -0.25) is 4.79 Å². The summed E-state index contributed by atoms with van der Waals surface area (Å²) in [6.45, 7) is 2.15. The SMILES string of the molecule is CCc1ccc(/C=C2\CCc3ccccc3C2=O)cc1. The van der Waals surface area contributed by atoms with Crippen LogP contribution in [0.25, 0.3) is 6.08 Å². The summed E-state index contributed by atoms with van der Waals surface area (Å²) in [7, 11) is 0. The molecule has 0 saturated heterocycles. The van der Waals surface area contributed by atoms with Gasteiger partial charge in [-0.05, 0) is 42.0 Å². The number of allylic oxidation sites excluding steroid dienone is 1. The van der Waals surface area contributed by atoms with Gasteiger partial charge in [0, 0.05) is 11.1 Å². The molecule has 1 heteroatoms. The Morgan fingerprint density at radius 1 is 1.00 bits per heavy atom. The van der Waals surface area contributed by atoms with E-state index in [4.69, 9.17) is 0 Å². The lowest BCUT2D eigenvalue weighted by Crippen LogP contribution is -2.13. The molecule has 1 aliphatic rings. The molecule has 0 bridgehead atoms. The Bertz CT molecular complexity index is 662. The van der Waals surface area contributed by atoms with Crippen molar-refractivity contribution in [1.29, 1.82) is 0 Å². The first-order chi connectivity index (χ1) is 9.78. The van der Waals surface area contributed by atoms with Gasteiger partial charge in [0.2, 0.25) is 0 Å². The van der Waals surface area contributed by atoms with Gasteiger partial charge < -0.3 is 0 Å². The molecule has 100 valence electrons. The van der Waals surface area contributed by atoms with Gasteiger partial charge in [0.15, 0.2) is 5.78 Å². The fraction of sp³-hybridized carbons (Fsp3) is 0.211. The summed E-state index contributed by atoms with van der Waals surface area (Å²) >= 11 is 0. The summed E-state index contributed by atoms with van der Waals surface area (Å²) in [5.41, 5.74) is 5.41. The Balaban J connectivity index is 1.91. The van der Waals surface area contributed by atoms with Crippen molar-refractivity contribution in [2.24, 2.45) is 0 Å². The molecule has 0 fully saturated rings. The number of hydrogen-bond donors (Lipinski definition) is 0. The van der Waals surface area contributed by atoms with Gasteiger partial charge >= 0.3 is 0 Å². The maximum absolute atomic E-state index is 12.5. The topological polar surface area (TPSA) is 17.1 Å². The van der Waals surface area contributed by atoms with Crippen LogP contribution in [0.1, 0.15) is 40.4 Å². The molecule has 0 heterocycles. The molecule has 2 aromatic rings. The Morgan fingerprint density at radius 3 is 2.50 bits per heavy atom. The van der Waals surface area contributed by atoms with E-state index in [1.165, 1.54) is 11.1 Å². The van der Waals surface area contributed by atoms with Crippen molar-refractivity contribution in [3.8, 4) is 0 Å². The Labute approximate surface area is 120 Å². The van der Waals surface area contributed by atoms with E-state index in [2.05, 4.69) is 37.3 Å². The first-order valence-corrected chi connectivity index (χ1v) is 7.20. The molecule has 0 unspecified atom stereocenters. The van der Waals surface area contributed by atoms with Crippen molar-refractivity contribution in [3.63, 3.8) is 0 Å². The molecule has 20 heavy (non-hydrogen) atoms. The number of ketones is 1. The van der Waals surface area contributed by atoms with Crippen LogP contribution in [0.15, 0.2) is 54.1 Å². The summed E-state index contributed by atoms with van der Waals surface area (Å²) in [6, 6.07) is 16.4. The van der Waals surface area contributed by atoms with Crippen LogP contribution in [0.3, 0.4) is 0 Å². The van der Waals surface area contributed by atoms with Gasteiger partial charge in [-0.1, -0.05) is 55.5 Å². The van der Waals surface area contributed by atoms with Crippen LogP contribution >= 0.6 is 0 Å². The summed E-state index contributed by atoms with van der Waals surface area (Å²) in [5, 5.41) is 0. The summed E-state index contributed by atoms with van der Waals surface area (Å²) in [6.07, 6.45) is 4.88. The molecule has 3 rings (SSSR count). The van der Waals surface area contributed by atoms with Gasteiger partial charge in [0.05, 0.1) is 0 Å². The van der Waals surface area contributed by atoms with Crippen LogP contribution in [0.4, 0.5) is 0 Å². The second kappa shape index (κ2) is 5.46. The number of carbonyl (C=O) groups is 1. The lowest BCUT2D eigenvalue weighted by molar-refractivity contribution is 0.102. The van der Waals surface area contributed by atoms with E-state index in [-0.39, 0.29) is 5.78 Å². The highest BCUT2D eigenvalue weighted by Gasteiger charge is 2.20. The number of benzene rings is 2. The van der Waals surface area contributed by atoms with Gasteiger partial charge in [-0.2, -0.15) is 0 Å². The van der Waals surface area contributed by atoms with E-state index >= 15 is 0 Å². The predicted octanol–water partition coefficient (Wildman–Crippen LogP) is 4.46. The van der Waals surface area contributed by atoms with Crippen molar-refractivity contribution in [2.75, 3.05) is 0 Å². The number of Topliss-reactive ketones (excluding diaryl/α,β-unsaturated/α-hetero) is 1. The van der Waals surface area contributed by atoms with E-state index in [1.54, 1.807) is 0 Å². The molecule has 0 spiro atoms. The quantitative estimate of drug-likeness (QED) is 0.730. The maximum Gasteiger partial charge on any atom is 0.189 e. The molecule has 1 nitrogen and oxygen atoms in total. The predicted molar refractivity (Wildman–Crippen MR) is 82.9 cm³/mol. The van der Waals surface area contributed by atoms with E-state index in [0.29, 0.717) is 0 Å². The molecule has 0 amide bonds. The Kier molecular flexibility index (Phi) is 3.51. The molecular weight excluding hydrogens is 244 g/mol. The van der Waals surface area contributed by atoms with Crippen LogP contribution in [0.2, 0.25) is 0 Å². The molecule has 0 radical (unpaired) electrons. The summed E-state index contributed by atoms with van der Waals surface area (Å²) in [4.78, 5) is 12.5. The zero-order valence-electron chi connectivity index (χ0n) is 11.7.